The number of ether oxygens (including phenoxy) is 1. The summed E-state index contributed by atoms with van der Waals surface area (Å²) >= 11 is 0. The number of halogens is 1. The lowest BCUT2D eigenvalue weighted by Crippen LogP contribution is -2.33. The third-order valence-electron chi connectivity index (χ3n) is 5.46. The van der Waals surface area contributed by atoms with E-state index in [9.17, 15) is 9.18 Å². The number of aryl methyl sites for hydroxylation is 1. The summed E-state index contributed by atoms with van der Waals surface area (Å²) in [4.78, 5) is 17.1. The molecule has 5 heteroatoms. The van der Waals surface area contributed by atoms with E-state index in [4.69, 9.17) is 4.74 Å². The van der Waals surface area contributed by atoms with E-state index in [1.807, 2.05) is 42.3 Å². The maximum absolute atomic E-state index is 13.8. The Labute approximate surface area is 179 Å². The fraction of sp³-hybridized carbons (Fsp3) is 0.480. The van der Waals surface area contributed by atoms with E-state index >= 15 is 0 Å². The van der Waals surface area contributed by atoms with Gasteiger partial charge < -0.3 is 14.5 Å². The topological polar surface area (TPSA) is 32.8 Å². The molecule has 1 aliphatic rings. The van der Waals surface area contributed by atoms with Gasteiger partial charge in [0.1, 0.15) is 11.6 Å². The largest absolute Gasteiger partial charge is 0.493 e. The lowest BCUT2D eigenvalue weighted by atomic mass is 10.0. The van der Waals surface area contributed by atoms with Gasteiger partial charge in [-0.3, -0.25) is 4.79 Å². The van der Waals surface area contributed by atoms with Gasteiger partial charge in [0, 0.05) is 26.1 Å². The monoisotopic (exact) mass is 412 g/mol. The first-order valence-corrected chi connectivity index (χ1v) is 10.9. The molecule has 0 saturated heterocycles. The van der Waals surface area contributed by atoms with Gasteiger partial charge in [-0.05, 0) is 73.3 Å². The van der Waals surface area contributed by atoms with Gasteiger partial charge >= 0.3 is 0 Å². The van der Waals surface area contributed by atoms with Crippen molar-refractivity contribution < 1.29 is 13.9 Å². The minimum Gasteiger partial charge on any atom is -0.493 e. The van der Waals surface area contributed by atoms with Crippen molar-refractivity contribution in [2.24, 2.45) is 5.92 Å². The van der Waals surface area contributed by atoms with Gasteiger partial charge in [-0.1, -0.05) is 32.0 Å². The van der Waals surface area contributed by atoms with Crippen LogP contribution in [0.4, 0.5) is 4.39 Å². The minimum absolute atomic E-state index is 0.124. The Balaban J connectivity index is 1.78. The fourth-order valence-corrected chi connectivity index (χ4v) is 3.69. The first-order valence-electron chi connectivity index (χ1n) is 10.9. The van der Waals surface area contributed by atoms with Crippen LogP contribution in [0.2, 0.25) is 0 Å². The molecule has 2 aromatic carbocycles. The Morgan fingerprint density at radius 2 is 1.80 bits per heavy atom. The standard InChI is InChI=1S/C25H33FN2O2/c1-19(2)18-30-24-10-6-20(7-11-24)16-28-17-22-8-9-23(26)15-21(22)5-4-13-27(3)14-12-25(28)29/h6-11,15,19H,4-5,12-14,16-18H2,1-3H3. The zero-order valence-electron chi connectivity index (χ0n) is 18.4. The van der Waals surface area contributed by atoms with Crippen LogP contribution in [-0.2, 0) is 24.3 Å². The molecule has 0 atom stereocenters. The van der Waals surface area contributed by atoms with Gasteiger partial charge in [-0.15, -0.1) is 0 Å². The van der Waals surface area contributed by atoms with Crippen LogP contribution in [0.25, 0.3) is 0 Å². The lowest BCUT2D eigenvalue weighted by molar-refractivity contribution is -0.132. The number of nitrogens with zero attached hydrogens (tertiary/aromatic N) is 2. The molecule has 0 saturated carbocycles. The van der Waals surface area contributed by atoms with Gasteiger partial charge in [0.2, 0.25) is 5.91 Å². The number of benzene rings is 2. The summed E-state index contributed by atoms with van der Waals surface area (Å²) < 4.78 is 19.6. The molecule has 0 spiro atoms. The summed E-state index contributed by atoms with van der Waals surface area (Å²) in [5.41, 5.74) is 3.10. The summed E-state index contributed by atoms with van der Waals surface area (Å²) in [6, 6.07) is 12.9. The zero-order valence-corrected chi connectivity index (χ0v) is 18.4. The molecule has 3 rings (SSSR count). The van der Waals surface area contributed by atoms with Gasteiger partial charge in [-0.25, -0.2) is 4.39 Å². The Morgan fingerprint density at radius 3 is 2.53 bits per heavy atom. The van der Waals surface area contributed by atoms with E-state index in [2.05, 4.69) is 18.7 Å². The molecule has 0 aliphatic carbocycles. The van der Waals surface area contributed by atoms with Crippen molar-refractivity contribution in [3.8, 4) is 5.75 Å². The van der Waals surface area contributed by atoms with Crippen LogP contribution in [0.15, 0.2) is 42.5 Å². The molecule has 2 aromatic rings. The van der Waals surface area contributed by atoms with E-state index in [1.54, 1.807) is 6.07 Å². The highest BCUT2D eigenvalue weighted by atomic mass is 19.1. The van der Waals surface area contributed by atoms with Crippen LogP contribution in [0, 0.1) is 11.7 Å². The molecule has 0 fully saturated rings. The Bertz CT molecular complexity index is 836. The molecule has 1 aliphatic heterocycles. The molecule has 30 heavy (non-hydrogen) atoms. The summed E-state index contributed by atoms with van der Waals surface area (Å²) in [6.45, 7) is 7.60. The number of fused-ring (bicyclic) bond motifs is 1. The minimum atomic E-state index is -0.216. The molecule has 0 aromatic heterocycles. The van der Waals surface area contributed by atoms with Gasteiger partial charge in [0.05, 0.1) is 6.61 Å². The van der Waals surface area contributed by atoms with Gasteiger partial charge in [0.15, 0.2) is 0 Å². The molecular weight excluding hydrogens is 379 g/mol. The van der Waals surface area contributed by atoms with Crippen LogP contribution >= 0.6 is 0 Å². The number of carbonyl (C=O) groups is 1. The van der Waals surface area contributed by atoms with Crippen molar-refractivity contribution in [1.82, 2.24) is 9.80 Å². The molecule has 4 nitrogen and oxygen atoms in total. The Kier molecular flexibility index (Phi) is 7.86. The molecule has 1 heterocycles. The van der Waals surface area contributed by atoms with Crippen molar-refractivity contribution >= 4 is 5.91 Å². The van der Waals surface area contributed by atoms with Crippen LogP contribution in [0.5, 0.6) is 5.75 Å². The summed E-state index contributed by atoms with van der Waals surface area (Å²) in [7, 11) is 2.04. The highest BCUT2D eigenvalue weighted by Crippen LogP contribution is 2.21. The average Bonchev–Trinajstić information content (AvgIpc) is 2.74. The number of rotatable bonds is 5. The number of amides is 1. The molecule has 0 N–H and O–H groups in total. The molecule has 0 radical (unpaired) electrons. The van der Waals surface area contributed by atoms with Crippen molar-refractivity contribution in [3.05, 3.63) is 65.0 Å². The smallest absolute Gasteiger partial charge is 0.224 e. The first kappa shape index (κ1) is 22.3. The first-order chi connectivity index (χ1) is 14.4. The Hall–Kier alpha value is -2.40. The third kappa shape index (κ3) is 6.56. The Morgan fingerprint density at radius 1 is 1.03 bits per heavy atom. The SMILES string of the molecule is CC(C)COc1ccc(CN2Cc3ccc(F)cc3CCCN(C)CCC2=O)cc1. The molecule has 0 unspecified atom stereocenters. The molecule has 1 amide bonds. The molecule has 0 bridgehead atoms. The van der Waals surface area contributed by atoms with Crippen LogP contribution < -0.4 is 4.74 Å². The van der Waals surface area contributed by atoms with E-state index in [1.165, 1.54) is 6.07 Å². The van der Waals surface area contributed by atoms with E-state index in [0.29, 0.717) is 32.0 Å². The quantitative estimate of drug-likeness (QED) is 0.716. The normalized spacial score (nSPS) is 16.3. The number of hydrogen-bond acceptors (Lipinski definition) is 3. The summed E-state index contributed by atoms with van der Waals surface area (Å²) in [5, 5.41) is 0. The number of carbonyl (C=O) groups excluding carboxylic acids is 1. The maximum Gasteiger partial charge on any atom is 0.224 e. The third-order valence-corrected chi connectivity index (χ3v) is 5.46. The van der Waals surface area contributed by atoms with Gasteiger partial charge in [-0.2, -0.15) is 0 Å². The fourth-order valence-electron chi connectivity index (χ4n) is 3.69. The van der Waals surface area contributed by atoms with Crippen LogP contribution in [-0.4, -0.2) is 42.5 Å². The summed E-state index contributed by atoms with van der Waals surface area (Å²) in [6.07, 6.45) is 2.27. The second-order valence-corrected chi connectivity index (χ2v) is 8.67. The van der Waals surface area contributed by atoms with E-state index in [0.717, 1.165) is 48.4 Å². The number of hydrogen-bond donors (Lipinski definition) is 0. The van der Waals surface area contributed by atoms with Crippen molar-refractivity contribution in [1.29, 1.82) is 0 Å². The molecule has 162 valence electrons. The molecular formula is C25H33FN2O2. The zero-order chi connectivity index (χ0) is 21.5. The lowest BCUT2D eigenvalue weighted by Gasteiger charge is -2.25. The van der Waals surface area contributed by atoms with Crippen LogP contribution in [0.1, 0.15) is 43.4 Å². The van der Waals surface area contributed by atoms with Crippen LogP contribution in [0.3, 0.4) is 0 Å². The predicted molar refractivity (Wildman–Crippen MR) is 118 cm³/mol. The van der Waals surface area contributed by atoms with E-state index < -0.39 is 0 Å². The van der Waals surface area contributed by atoms with Crippen molar-refractivity contribution in [2.45, 2.75) is 46.2 Å². The second kappa shape index (κ2) is 10.6. The highest BCUT2D eigenvalue weighted by Gasteiger charge is 2.18. The van der Waals surface area contributed by atoms with Gasteiger partial charge in [0.25, 0.3) is 0 Å². The second-order valence-electron chi connectivity index (χ2n) is 8.67. The van der Waals surface area contributed by atoms with Crippen molar-refractivity contribution in [2.75, 3.05) is 26.7 Å². The predicted octanol–water partition coefficient (Wildman–Crippen LogP) is 4.66. The van der Waals surface area contributed by atoms with E-state index in [-0.39, 0.29) is 11.7 Å². The average molecular weight is 413 g/mol. The summed E-state index contributed by atoms with van der Waals surface area (Å²) in [5.74, 6) is 1.23. The van der Waals surface area contributed by atoms with Crippen molar-refractivity contribution in [3.63, 3.8) is 0 Å². The maximum atomic E-state index is 13.8. The highest BCUT2D eigenvalue weighted by molar-refractivity contribution is 5.76.